The van der Waals surface area contributed by atoms with E-state index in [1.165, 1.54) is 32.4 Å². The minimum absolute atomic E-state index is 0.165. The third-order valence-corrected chi connectivity index (χ3v) is 7.08. The Morgan fingerprint density at radius 1 is 1.09 bits per heavy atom. The molecular weight excluding hydrogens is 440 g/mol. The summed E-state index contributed by atoms with van der Waals surface area (Å²) in [6.45, 7) is 7.69. The summed E-state index contributed by atoms with van der Waals surface area (Å²) >= 11 is 0. The quantitative estimate of drug-likeness (QED) is 0.414. The number of fused-ring (bicyclic) bond motifs is 1. The van der Waals surface area contributed by atoms with E-state index in [0.717, 1.165) is 53.0 Å². The number of hydrogen-bond donors (Lipinski definition) is 2. The molecule has 3 N–H and O–H groups in total. The smallest absolute Gasteiger partial charge is 0.411 e. The first-order valence-corrected chi connectivity index (χ1v) is 12.9. The molecule has 186 valence electrons. The van der Waals surface area contributed by atoms with Gasteiger partial charge in [0.1, 0.15) is 12.4 Å². The number of hydrogen-bond acceptors (Lipinski definition) is 5. The van der Waals surface area contributed by atoms with Crippen LogP contribution < -0.4 is 15.8 Å². The van der Waals surface area contributed by atoms with Crippen LogP contribution in [0.2, 0.25) is 0 Å². The van der Waals surface area contributed by atoms with Crippen LogP contribution in [-0.2, 0) is 4.74 Å². The van der Waals surface area contributed by atoms with Gasteiger partial charge in [0.25, 0.3) is 0 Å². The zero-order chi connectivity index (χ0) is 24.4. The van der Waals surface area contributed by atoms with Crippen molar-refractivity contribution in [2.24, 2.45) is 0 Å². The number of anilines is 2. The predicted molar refractivity (Wildman–Crippen MR) is 141 cm³/mol. The number of aromatic nitrogens is 1. The van der Waals surface area contributed by atoms with Crippen molar-refractivity contribution < 1.29 is 14.3 Å². The van der Waals surface area contributed by atoms with Crippen LogP contribution in [-0.4, -0.2) is 47.9 Å². The van der Waals surface area contributed by atoms with Crippen LogP contribution in [0, 0.1) is 0 Å². The number of rotatable bonds is 8. The second kappa shape index (κ2) is 10.2. The topological polar surface area (TPSA) is 81.8 Å². The predicted octanol–water partition coefficient (Wildman–Crippen LogP) is 6.05. The fourth-order valence-electron chi connectivity index (χ4n) is 5.10. The van der Waals surface area contributed by atoms with Gasteiger partial charge in [0.2, 0.25) is 0 Å². The minimum Gasteiger partial charge on any atom is -0.492 e. The van der Waals surface area contributed by atoms with Gasteiger partial charge in [-0.1, -0.05) is 12.1 Å². The van der Waals surface area contributed by atoms with Crippen molar-refractivity contribution in [2.45, 2.75) is 58.1 Å². The number of ether oxygens (including phenoxy) is 2. The number of carbonyl (C=O) groups is 1. The molecule has 1 aliphatic carbocycles. The lowest BCUT2D eigenvalue weighted by Crippen LogP contribution is -2.25. The number of amides is 1. The molecule has 1 saturated heterocycles. The van der Waals surface area contributed by atoms with Gasteiger partial charge in [0.15, 0.2) is 0 Å². The second-order valence-corrected chi connectivity index (χ2v) is 9.95. The van der Waals surface area contributed by atoms with E-state index in [-0.39, 0.29) is 6.10 Å². The molecule has 0 spiro atoms. The minimum atomic E-state index is -0.451. The highest BCUT2D eigenvalue weighted by atomic mass is 16.6. The Balaban J connectivity index is 1.41. The normalized spacial score (nSPS) is 16.5. The SMILES string of the molecule is CC(C)OC(=O)Nc1ccc(-c2c(N)c3ccc(OCCN4CCCC4)cc3n2C2CCC2)cc1. The summed E-state index contributed by atoms with van der Waals surface area (Å²) in [5.41, 5.74) is 11.4. The number of likely N-dealkylation sites (tertiary alicyclic amines) is 1. The van der Waals surface area contributed by atoms with Crippen molar-refractivity contribution in [3.63, 3.8) is 0 Å². The molecule has 35 heavy (non-hydrogen) atoms. The lowest BCUT2D eigenvalue weighted by molar-refractivity contribution is 0.130. The van der Waals surface area contributed by atoms with Crippen LogP contribution in [0.4, 0.5) is 16.2 Å². The summed E-state index contributed by atoms with van der Waals surface area (Å²) in [6, 6.07) is 14.5. The Morgan fingerprint density at radius 2 is 1.83 bits per heavy atom. The third kappa shape index (κ3) is 5.10. The van der Waals surface area contributed by atoms with Gasteiger partial charge < -0.3 is 19.8 Å². The fraction of sp³-hybridized carbons (Fsp3) is 0.464. The zero-order valence-corrected chi connectivity index (χ0v) is 20.8. The molecule has 7 heteroatoms. The lowest BCUT2D eigenvalue weighted by Gasteiger charge is -2.30. The molecule has 0 atom stereocenters. The first kappa shape index (κ1) is 23.5. The van der Waals surface area contributed by atoms with Gasteiger partial charge >= 0.3 is 6.09 Å². The molecule has 2 aromatic carbocycles. The second-order valence-electron chi connectivity index (χ2n) is 9.95. The summed E-state index contributed by atoms with van der Waals surface area (Å²) in [5, 5.41) is 3.84. The van der Waals surface area contributed by atoms with Crippen molar-refractivity contribution in [3.8, 4) is 17.0 Å². The summed E-state index contributed by atoms with van der Waals surface area (Å²) < 4.78 is 13.7. The highest BCUT2D eigenvalue weighted by Gasteiger charge is 2.27. The maximum Gasteiger partial charge on any atom is 0.411 e. The fourth-order valence-corrected chi connectivity index (χ4v) is 5.10. The van der Waals surface area contributed by atoms with E-state index in [4.69, 9.17) is 15.2 Å². The molecule has 0 unspecified atom stereocenters. The maximum atomic E-state index is 11.9. The van der Waals surface area contributed by atoms with Gasteiger partial charge in [-0.05, 0) is 83.3 Å². The molecular formula is C28H36N4O3. The maximum absolute atomic E-state index is 11.9. The molecule has 3 aromatic rings. The molecule has 2 heterocycles. The molecule has 1 amide bonds. The Labute approximate surface area is 207 Å². The van der Waals surface area contributed by atoms with Crippen LogP contribution in [0.25, 0.3) is 22.2 Å². The number of nitrogen functional groups attached to an aromatic ring is 1. The van der Waals surface area contributed by atoms with E-state index in [2.05, 4.69) is 26.9 Å². The summed E-state index contributed by atoms with van der Waals surface area (Å²) in [5.74, 6) is 0.893. The van der Waals surface area contributed by atoms with Gasteiger partial charge in [0.05, 0.1) is 23.0 Å². The molecule has 0 bridgehead atoms. The molecule has 1 aliphatic heterocycles. The molecule has 2 aliphatic rings. The molecule has 5 rings (SSSR count). The van der Waals surface area contributed by atoms with Crippen LogP contribution in [0.5, 0.6) is 5.75 Å². The van der Waals surface area contributed by atoms with Crippen molar-refractivity contribution >= 4 is 28.4 Å². The average Bonchev–Trinajstić information content (AvgIpc) is 3.40. The highest BCUT2D eigenvalue weighted by molar-refractivity contribution is 6.01. The van der Waals surface area contributed by atoms with Gasteiger partial charge in [-0.25, -0.2) is 4.79 Å². The number of nitrogens with one attached hydrogen (secondary N) is 1. The van der Waals surface area contributed by atoms with Gasteiger partial charge in [-0.3, -0.25) is 10.2 Å². The first-order chi connectivity index (χ1) is 17.0. The number of nitrogens with zero attached hydrogens (tertiary/aromatic N) is 2. The van der Waals surface area contributed by atoms with Crippen molar-refractivity contribution in [2.75, 3.05) is 37.3 Å². The van der Waals surface area contributed by atoms with Crippen molar-refractivity contribution in [1.82, 2.24) is 9.47 Å². The van der Waals surface area contributed by atoms with Gasteiger partial charge in [0, 0.05) is 35.3 Å². The van der Waals surface area contributed by atoms with E-state index in [9.17, 15) is 4.79 Å². The van der Waals surface area contributed by atoms with Gasteiger partial charge in [-0.15, -0.1) is 0 Å². The van der Waals surface area contributed by atoms with Crippen LogP contribution in [0.1, 0.15) is 52.0 Å². The van der Waals surface area contributed by atoms with Crippen LogP contribution in [0.15, 0.2) is 42.5 Å². The molecule has 2 fully saturated rings. The lowest BCUT2D eigenvalue weighted by atomic mass is 9.92. The molecule has 7 nitrogen and oxygen atoms in total. The Bertz CT molecular complexity index is 1180. The number of carbonyl (C=O) groups excluding carboxylic acids is 1. The Kier molecular flexibility index (Phi) is 6.86. The van der Waals surface area contributed by atoms with Crippen LogP contribution in [0.3, 0.4) is 0 Å². The van der Waals surface area contributed by atoms with E-state index in [0.29, 0.717) is 18.3 Å². The first-order valence-electron chi connectivity index (χ1n) is 12.9. The zero-order valence-electron chi connectivity index (χ0n) is 20.8. The van der Waals surface area contributed by atoms with Crippen molar-refractivity contribution in [3.05, 3.63) is 42.5 Å². The Hall–Kier alpha value is -3.19. The average molecular weight is 477 g/mol. The van der Waals surface area contributed by atoms with Crippen LogP contribution >= 0.6 is 0 Å². The largest absolute Gasteiger partial charge is 0.492 e. The summed E-state index contributed by atoms with van der Waals surface area (Å²) in [6.07, 6.45) is 5.50. The van der Waals surface area contributed by atoms with E-state index in [1.807, 2.05) is 44.2 Å². The molecule has 1 aromatic heterocycles. The molecule has 0 radical (unpaired) electrons. The third-order valence-electron chi connectivity index (χ3n) is 7.08. The highest BCUT2D eigenvalue weighted by Crippen LogP contribution is 2.44. The summed E-state index contributed by atoms with van der Waals surface area (Å²) in [7, 11) is 0. The van der Waals surface area contributed by atoms with E-state index in [1.54, 1.807) is 0 Å². The standard InChI is InChI=1S/C28H36N4O3/c1-19(2)35-28(33)30-21-10-8-20(9-11-21)27-26(29)24-13-12-23(34-17-16-31-14-3-4-15-31)18-25(24)32(27)22-6-5-7-22/h8-13,18-19,22H,3-7,14-17,29H2,1-2H3,(H,30,33). The van der Waals surface area contributed by atoms with E-state index >= 15 is 0 Å². The Morgan fingerprint density at radius 3 is 2.49 bits per heavy atom. The number of benzene rings is 2. The van der Waals surface area contributed by atoms with E-state index < -0.39 is 6.09 Å². The number of nitrogens with two attached hydrogens (primary N) is 1. The molecule has 1 saturated carbocycles. The van der Waals surface area contributed by atoms with Crippen molar-refractivity contribution in [1.29, 1.82) is 0 Å². The van der Waals surface area contributed by atoms with Gasteiger partial charge in [-0.2, -0.15) is 0 Å². The summed E-state index contributed by atoms with van der Waals surface area (Å²) in [4.78, 5) is 14.4. The monoisotopic (exact) mass is 476 g/mol.